The summed E-state index contributed by atoms with van der Waals surface area (Å²) in [6, 6.07) is 5.50. The third-order valence-electron chi connectivity index (χ3n) is 2.85. The fourth-order valence-corrected chi connectivity index (χ4v) is 2.08. The second-order valence-electron chi connectivity index (χ2n) is 5.00. The minimum atomic E-state index is 0.366. The maximum Gasteiger partial charge on any atom is 0.164 e. The van der Waals surface area contributed by atoms with Gasteiger partial charge in [-0.05, 0) is 23.6 Å². The van der Waals surface area contributed by atoms with Crippen LogP contribution in [-0.2, 0) is 19.7 Å². The molecule has 0 saturated heterocycles. The molecule has 0 fully saturated rings. The van der Waals surface area contributed by atoms with Crippen LogP contribution in [0.1, 0.15) is 25.2 Å². The highest BCUT2D eigenvalue weighted by Gasteiger charge is 2.08. The van der Waals surface area contributed by atoms with Crippen molar-refractivity contribution in [2.75, 3.05) is 0 Å². The van der Waals surface area contributed by atoms with E-state index in [0.29, 0.717) is 29.8 Å². The second kappa shape index (κ2) is 6.72. The van der Waals surface area contributed by atoms with Gasteiger partial charge >= 0.3 is 0 Å². The lowest BCUT2D eigenvalue weighted by atomic mass is 10.2. The molecule has 5 nitrogen and oxygen atoms in total. The summed E-state index contributed by atoms with van der Waals surface area (Å²) in [5.41, 5.74) is 6.48. The van der Waals surface area contributed by atoms with Crippen LogP contribution in [-0.4, -0.2) is 14.8 Å². The first-order valence-corrected chi connectivity index (χ1v) is 6.96. The second-order valence-corrected chi connectivity index (χ2v) is 5.41. The monoisotopic (exact) mass is 294 g/mol. The summed E-state index contributed by atoms with van der Waals surface area (Å²) in [4.78, 5) is 4.21. The Labute approximate surface area is 123 Å². The molecule has 0 bridgehead atoms. The van der Waals surface area contributed by atoms with E-state index in [2.05, 4.69) is 23.9 Å². The molecule has 108 valence electrons. The summed E-state index contributed by atoms with van der Waals surface area (Å²) in [5.74, 6) is 2.01. The van der Waals surface area contributed by atoms with Crippen molar-refractivity contribution >= 4 is 11.6 Å². The van der Waals surface area contributed by atoms with E-state index in [9.17, 15) is 0 Å². The molecule has 1 aromatic heterocycles. The predicted octanol–water partition coefficient (Wildman–Crippen LogP) is 2.63. The Hall–Kier alpha value is -1.59. The zero-order valence-electron chi connectivity index (χ0n) is 11.7. The molecular weight excluding hydrogens is 276 g/mol. The predicted molar refractivity (Wildman–Crippen MR) is 78.5 cm³/mol. The fourth-order valence-electron chi connectivity index (χ4n) is 1.83. The molecule has 0 saturated carbocycles. The van der Waals surface area contributed by atoms with Crippen LogP contribution in [0.3, 0.4) is 0 Å². The number of nitrogens with two attached hydrogens (primary N) is 1. The first kappa shape index (κ1) is 14.8. The van der Waals surface area contributed by atoms with Crippen LogP contribution in [0, 0.1) is 5.92 Å². The van der Waals surface area contributed by atoms with Crippen molar-refractivity contribution in [1.82, 2.24) is 14.8 Å². The van der Waals surface area contributed by atoms with Gasteiger partial charge in [-0.15, -0.1) is 0 Å². The van der Waals surface area contributed by atoms with Crippen molar-refractivity contribution in [3.8, 4) is 5.75 Å². The molecule has 0 aliphatic heterocycles. The standard InChI is InChI=1S/C14H19ClN4O/c1-10(2)7-19-14(17-9-18-19)8-20-12-4-3-11(6-16)13(15)5-12/h3-5,9-10H,6-8,16H2,1-2H3. The molecule has 0 amide bonds. The molecule has 1 heterocycles. The molecule has 20 heavy (non-hydrogen) atoms. The van der Waals surface area contributed by atoms with E-state index >= 15 is 0 Å². The number of hydrogen-bond donors (Lipinski definition) is 1. The van der Waals surface area contributed by atoms with Crippen molar-refractivity contribution in [3.05, 3.63) is 40.9 Å². The van der Waals surface area contributed by atoms with E-state index < -0.39 is 0 Å². The van der Waals surface area contributed by atoms with Crippen molar-refractivity contribution in [1.29, 1.82) is 0 Å². The Morgan fingerprint density at radius 1 is 1.40 bits per heavy atom. The van der Waals surface area contributed by atoms with Crippen LogP contribution in [0.2, 0.25) is 5.02 Å². The zero-order chi connectivity index (χ0) is 14.5. The molecule has 0 aliphatic carbocycles. The van der Waals surface area contributed by atoms with Gasteiger partial charge in [0.15, 0.2) is 5.82 Å². The number of benzene rings is 1. The third kappa shape index (κ3) is 3.71. The highest BCUT2D eigenvalue weighted by Crippen LogP contribution is 2.22. The molecule has 0 spiro atoms. The Morgan fingerprint density at radius 3 is 2.85 bits per heavy atom. The van der Waals surface area contributed by atoms with Gasteiger partial charge in [0, 0.05) is 18.1 Å². The molecule has 2 aromatic rings. The fraction of sp³-hybridized carbons (Fsp3) is 0.429. The summed E-state index contributed by atoms with van der Waals surface area (Å²) in [6.07, 6.45) is 1.55. The summed E-state index contributed by atoms with van der Waals surface area (Å²) in [5, 5.41) is 4.82. The Bertz CT molecular complexity index is 568. The van der Waals surface area contributed by atoms with Crippen molar-refractivity contribution in [3.63, 3.8) is 0 Å². The molecule has 0 atom stereocenters. The molecular formula is C14H19ClN4O. The summed E-state index contributed by atoms with van der Waals surface area (Å²) >= 11 is 6.10. The molecule has 2 rings (SSSR count). The van der Waals surface area contributed by atoms with Gasteiger partial charge < -0.3 is 10.5 Å². The third-order valence-corrected chi connectivity index (χ3v) is 3.20. The first-order valence-electron chi connectivity index (χ1n) is 6.58. The van der Waals surface area contributed by atoms with Crippen LogP contribution in [0.5, 0.6) is 5.75 Å². The molecule has 0 aliphatic rings. The van der Waals surface area contributed by atoms with Gasteiger partial charge in [0.2, 0.25) is 0 Å². The minimum absolute atomic E-state index is 0.366. The van der Waals surface area contributed by atoms with E-state index in [1.807, 2.05) is 16.8 Å². The molecule has 0 unspecified atom stereocenters. The first-order chi connectivity index (χ1) is 9.60. The van der Waals surface area contributed by atoms with Crippen LogP contribution in [0.4, 0.5) is 0 Å². The summed E-state index contributed by atoms with van der Waals surface area (Å²) in [7, 11) is 0. The highest BCUT2D eigenvalue weighted by molar-refractivity contribution is 6.31. The van der Waals surface area contributed by atoms with Gasteiger partial charge in [-0.2, -0.15) is 5.10 Å². The van der Waals surface area contributed by atoms with Crippen LogP contribution >= 0.6 is 11.6 Å². The lowest BCUT2D eigenvalue weighted by Crippen LogP contribution is -2.12. The number of halogens is 1. The minimum Gasteiger partial charge on any atom is -0.486 e. The quantitative estimate of drug-likeness (QED) is 0.889. The maximum absolute atomic E-state index is 6.10. The molecule has 2 N–H and O–H groups in total. The van der Waals surface area contributed by atoms with E-state index in [-0.39, 0.29) is 0 Å². The summed E-state index contributed by atoms with van der Waals surface area (Å²) < 4.78 is 7.57. The van der Waals surface area contributed by atoms with Gasteiger partial charge in [0.05, 0.1) is 0 Å². The molecule has 1 aromatic carbocycles. The number of ether oxygens (including phenoxy) is 1. The van der Waals surface area contributed by atoms with Gasteiger partial charge in [0.1, 0.15) is 18.7 Å². The number of rotatable bonds is 6. The van der Waals surface area contributed by atoms with E-state index in [1.54, 1.807) is 12.4 Å². The zero-order valence-corrected chi connectivity index (χ0v) is 12.5. The lowest BCUT2D eigenvalue weighted by Gasteiger charge is -2.10. The molecule has 6 heteroatoms. The van der Waals surface area contributed by atoms with Crippen LogP contribution in [0.25, 0.3) is 0 Å². The normalized spacial score (nSPS) is 11.1. The Morgan fingerprint density at radius 2 is 2.20 bits per heavy atom. The van der Waals surface area contributed by atoms with Gasteiger partial charge in [-0.25, -0.2) is 9.67 Å². The van der Waals surface area contributed by atoms with Gasteiger partial charge in [-0.1, -0.05) is 31.5 Å². The van der Waals surface area contributed by atoms with Gasteiger partial charge in [0.25, 0.3) is 0 Å². The molecule has 0 radical (unpaired) electrons. The van der Waals surface area contributed by atoms with Crippen molar-refractivity contribution in [2.24, 2.45) is 11.7 Å². The number of hydrogen-bond acceptors (Lipinski definition) is 4. The summed E-state index contributed by atoms with van der Waals surface area (Å²) in [6.45, 7) is 5.88. The van der Waals surface area contributed by atoms with E-state index in [4.69, 9.17) is 22.1 Å². The van der Waals surface area contributed by atoms with Gasteiger partial charge in [-0.3, -0.25) is 0 Å². The number of aromatic nitrogens is 3. The SMILES string of the molecule is CC(C)Cn1ncnc1COc1ccc(CN)c(Cl)c1. The number of nitrogens with zero attached hydrogens (tertiary/aromatic N) is 3. The topological polar surface area (TPSA) is 66.0 Å². The van der Waals surface area contributed by atoms with E-state index in [1.165, 1.54) is 0 Å². The smallest absolute Gasteiger partial charge is 0.164 e. The van der Waals surface area contributed by atoms with Crippen molar-refractivity contribution < 1.29 is 4.74 Å². The lowest BCUT2D eigenvalue weighted by molar-refractivity contribution is 0.282. The Balaban J connectivity index is 2.02. The Kier molecular flexibility index (Phi) is 4.98. The highest BCUT2D eigenvalue weighted by atomic mass is 35.5. The largest absolute Gasteiger partial charge is 0.486 e. The van der Waals surface area contributed by atoms with Crippen LogP contribution < -0.4 is 10.5 Å². The average Bonchev–Trinajstić information content (AvgIpc) is 2.83. The van der Waals surface area contributed by atoms with Crippen LogP contribution in [0.15, 0.2) is 24.5 Å². The average molecular weight is 295 g/mol. The maximum atomic E-state index is 6.10. The van der Waals surface area contributed by atoms with E-state index in [0.717, 1.165) is 17.9 Å². The van der Waals surface area contributed by atoms with Crippen molar-refractivity contribution in [2.45, 2.75) is 33.5 Å².